The van der Waals surface area contributed by atoms with Crippen molar-refractivity contribution in [2.45, 2.75) is 69.9 Å². The molecule has 5 N–H and O–H groups in total. The lowest BCUT2D eigenvalue weighted by Gasteiger charge is -2.39. The van der Waals surface area contributed by atoms with Gasteiger partial charge in [-0.25, -0.2) is 23.9 Å². The Morgan fingerprint density at radius 3 is 2.57 bits per heavy atom. The number of aryl methyl sites for hydroxylation is 2. The van der Waals surface area contributed by atoms with Gasteiger partial charge in [-0.1, -0.05) is 20.3 Å². The van der Waals surface area contributed by atoms with Crippen molar-refractivity contribution in [3.05, 3.63) is 45.5 Å². The second-order valence-electron chi connectivity index (χ2n) is 10.7. The van der Waals surface area contributed by atoms with Crippen molar-refractivity contribution in [3.8, 4) is 17.1 Å². The van der Waals surface area contributed by atoms with Gasteiger partial charge in [0.1, 0.15) is 29.3 Å². The molecular formula is C28H41N5O8S. The van der Waals surface area contributed by atoms with Gasteiger partial charge in [0.05, 0.1) is 29.2 Å². The molecule has 1 unspecified atom stereocenters. The van der Waals surface area contributed by atoms with Crippen LogP contribution in [-0.4, -0.2) is 76.0 Å². The maximum Gasteiger partial charge on any atom is 0.275 e. The number of benzene rings is 1. The van der Waals surface area contributed by atoms with Crippen LogP contribution in [0.15, 0.2) is 34.1 Å². The fraction of sp³-hybridized carbons (Fsp3) is 0.571. The Kier molecular flexibility index (Phi) is 10.4. The van der Waals surface area contributed by atoms with Crippen LogP contribution in [0.4, 0.5) is 0 Å². The van der Waals surface area contributed by atoms with E-state index >= 15 is 0 Å². The molecule has 2 aromatic heterocycles. The summed E-state index contributed by atoms with van der Waals surface area (Å²) >= 11 is 0. The van der Waals surface area contributed by atoms with E-state index in [1.165, 1.54) is 16.4 Å². The van der Waals surface area contributed by atoms with Gasteiger partial charge in [0.2, 0.25) is 10.0 Å². The number of aromatic amines is 1. The number of quaternary nitrogens is 1. The summed E-state index contributed by atoms with van der Waals surface area (Å²) in [7, 11) is -3.97. The highest BCUT2D eigenvalue weighted by Crippen LogP contribution is 2.35. The molecule has 0 aliphatic carbocycles. The lowest BCUT2D eigenvalue weighted by molar-refractivity contribution is -0.853. The summed E-state index contributed by atoms with van der Waals surface area (Å²) in [5, 5.41) is 31.1. The van der Waals surface area contributed by atoms with E-state index in [0.717, 1.165) is 24.8 Å². The quantitative estimate of drug-likeness (QED) is 0.196. The maximum absolute atomic E-state index is 13.8. The summed E-state index contributed by atoms with van der Waals surface area (Å²) in [4.78, 5) is 25.7. The first-order valence-corrected chi connectivity index (χ1v) is 15.8. The van der Waals surface area contributed by atoms with Crippen molar-refractivity contribution in [2.24, 2.45) is 5.92 Å². The summed E-state index contributed by atoms with van der Waals surface area (Å²) in [6, 6.07) is 4.54. The van der Waals surface area contributed by atoms with Gasteiger partial charge in [0, 0.05) is 25.8 Å². The first-order chi connectivity index (χ1) is 20.1. The standard InChI is InChI=1S/C28H41N5O8S/c1-4-7-19-16-32(6-3)25-24(19)29-26(30-27(25)35)22-15-21(8-9-23(22)40-14-5-2)42(38,39)33-12-10-20(11-13-33)28(36,17-34)18-41-31-37/h8-9,15-16,20,34,36H,4-7,10-14,17-18,31H2,1-3H3,(H,29,30,35). The number of ether oxygens (including phenoxy) is 1. The molecule has 1 aromatic carbocycles. The molecule has 0 spiro atoms. The van der Waals surface area contributed by atoms with Gasteiger partial charge < -0.3 is 29.7 Å². The molecule has 0 amide bonds. The number of piperidine rings is 1. The fourth-order valence-electron chi connectivity index (χ4n) is 5.55. The van der Waals surface area contributed by atoms with Crippen LogP contribution in [0, 0.1) is 11.1 Å². The molecule has 14 heteroatoms. The van der Waals surface area contributed by atoms with E-state index in [9.17, 15) is 28.6 Å². The highest BCUT2D eigenvalue weighted by atomic mass is 32.2. The van der Waals surface area contributed by atoms with Crippen molar-refractivity contribution in [1.29, 1.82) is 0 Å². The van der Waals surface area contributed by atoms with Crippen molar-refractivity contribution < 1.29 is 33.8 Å². The smallest absolute Gasteiger partial charge is 0.275 e. The molecule has 4 rings (SSSR count). The predicted molar refractivity (Wildman–Crippen MR) is 156 cm³/mol. The number of rotatable bonds is 14. The molecule has 13 nitrogen and oxygen atoms in total. The number of nitrogens with zero attached hydrogens (tertiary/aromatic N) is 3. The van der Waals surface area contributed by atoms with E-state index in [2.05, 4.69) is 11.9 Å². The minimum absolute atomic E-state index is 0.0177. The monoisotopic (exact) mass is 607 g/mol. The molecule has 3 heterocycles. The SMILES string of the molecule is CCCOc1ccc(S(=O)(=O)N2CCC(C(O)(CO)CO[NH2+][O-])CC2)cc1-c1nc2c(CCC)cn(CC)c2c(=O)[nH]1. The Labute approximate surface area is 245 Å². The van der Waals surface area contributed by atoms with Crippen LogP contribution >= 0.6 is 0 Å². The second kappa shape index (κ2) is 13.6. The minimum Gasteiger partial charge on any atom is -0.601 e. The van der Waals surface area contributed by atoms with E-state index < -0.39 is 28.1 Å². The van der Waals surface area contributed by atoms with Crippen molar-refractivity contribution in [2.75, 3.05) is 32.9 Å². The Bertz CT molecular complexity index is 1530. The molecule has 1 fully saturated rings. The molecule has 1 atom stereocenters. The maximum atomic E-state index is 13.8. The summed E-state index contributed by atoms with van der Waals surface area (Å²) in [5.41, 5.74) is 0.627. The average molecular weight is 608 g/mol. The van der Waals surface area contributed by atoms with Crippen LogP contribution in [0.5, 0.6) is 5.75 Å². The lowest BCUT2D eigenvalue weighted by Crippen LogP contribution is -2.78. The number of sulfonamides is 1. The topological polar surface area (TPSA) is 187 Å². The van der Waals surface area contributed by atoms with Gasteiger partial charge in [-0.3, -0.25) is 4.79 Å². The zero-order valence-electron chi connectivity index (χ0n) is 24.3. The minimum atomic E-state index is -3.97. The highest BCUT2D eigenvalue weighted by Gasteiger charge is 2.41. The number of nitrogens with two attached hydrogens (primary N) is 1. The van der Waals surface area contributed by atoms with Gasteiger partial charge in [-0.2, -0.15) is 4.31 Å². The third-order valence-electron chi connectivity index (χ3n) is 7.85. The van der Waals surface area contributed by atoms with Gasteiger partial charge in [-0.05, 0) is 62.3 Å². The van der Waals surface area contributed by atoms with E-state index in [0.29, 0.717) is 35.5 Å². The van der Waals surface area contributed by atoms with E-state index in [1.807, 2.05) is 24.6 Å². The number of hydrogen-bond acceptors (Lipinski definition) is 9. The number of fused-ring (bicyclic) bond motifs is 1. The van der Waals surface area contributed by atoms with E-state index in [-0.39, 0.29) is 54.5 Å². The molecular weight excluding hydrogens is 566 g/mol. The number of H-pyrrole nitrogens is 1. The summed E-state index contributed by atoms with van der Waals surface area (Å²) < 4.78 is 36.7. The van der Waals surface area contributed by atoms with Gasteiger partial charge in [0.25, 0.3) is 5.56 Å². The number of aromatic nitrogens is 3. The zero-order chi connectivity index (χ0) is 30.5. The Balaban J connectivity index is 1.71. The third-order valence-corrected chi connectivity index (χ3v) is 9.75. The first-order valence-electron chi connectivity index (χ1n) is 14.4. The third kappa shape index (κ3) is 6.39. The summed E-state index contributed by atoms with van der Waals surface area (Å²) in [6.45, 7) is 6.20. The molecule has 0 saturated carbocycles. The van der Waals surface area contributed by atoms with E-state index in [1.54, 1.807) is 6.07 Å². The van der Waals surface area contributed by atoms with Gasteiger partial charge in [0.15, 0.2) is 0 Å². The summed E-state index contributed by atoms with van der Waals surface area (Å²) in [6.07, 6.45) is 4.83. The van der Waals surface area contributed by atoms with Crippen LogP contribution in [0.1, 0.15) is 52.0 Å². The molecule has 42 heavy (non-hydrogen) atoms. The van der Waals surface area contributed by atoms with Crippen molar-refractivity contribution in [1.82, 2.24) is 18.8 Å². The van der Waals surface area contributed by atoms with Crippen LogP contribution < -0.4 is 15.9 Å². The van der Waals surface area contributed by atoms with Crippen molar-refractivity contribution in [3.63, 3.8) is 0 Å². The highest BCUT2D eigenvalue weighted by molar-refractivity contribution is 7.89. The number of aliphatic hydroxyl groups is 2. The predicted octanol–water partition coefficient (Wildman–Crippen LogP) is 1.27. The van der Waals surface area contributed by atoms with Crippen LogP contribution in [0.2, 0.25) is 0 Å². The van der Waals surface area contributed by atoms with Crippen molar-refractivity contribution >= 4 is 21.1 Å². The normalized spacial score (nSPS) is 16.6. The van der Waals surface area contributed by atoms with Gasteiger partial charge >= 0.3 is 0 Å². The number of aliphatic hydroxyl groups excluding tert-OH is 1. The Morgan fingerprint density at radius 2 is 1.95 bits per heavy atom. The molecule has 1 aliphatic rings. The molecule has 232 valence electrons. The van der Waals surface area contributed by atoms with E-state index in [4.69, 9.17) is 14.6 Å². The Morgan fingerprint density at radius 1 is 1.21 bits per heavy atom. The fourth-order valence-corrected chi connectivity index (χ4v) is 7.04. The van der Waals surface area contributed by atoms with Crippen LogP contribution in [-0.2, 0) is 27.8 Å². The zero-order valence-corrected chi connectivity index (χ0v) is 25.2. The molecule has 3 aromatic rings. The van der Waals surface area contributed by atoms with Gasteiger partial charge in [-0.15, -0.1) is 0 Å². The average Bonchev–Trinajstić information content (AvgIpc) is 3.36. The molecule has 1 aliphatic heterocycles. The number of hydrogen-bond donors (Lipinski definition) is 4. The second-order valence-corrected chi connectivity index (χ2v) is 12.6. The molecule has 1 saturated heterocycles. The Hall–Kier alpha value is -2.85. The first kappa shape index (κ1) is 32.1. The molecule has 0 radical (unpaired) electrons. The number of nitrogens with one attached hydrogen (secondary N) is 1. The van der Waals surface area contributed by atoms with Crippen LogP contribution in [0.3, 0.4) is 0 Å². The summed E-state index contributed by atoms with van der Waals surface area (Å²) in [5.74, 6) is 0.180. The largest absolute Gasteiger partial charge is 0.601 e. The van der Waals surface area contributed by atoms with Crippen LogP contribution in [0.25, 0.3) is 22.4 Å². The molecule has 0 bridgehead atoms. The lowest BCUT2D eigenvalue weighted by atomic mass is 9.82.